The molecular weight excluding hydrogens is 252 g/mol. The second kappa shape index (κ2) is 4.93. The number of fused-ring (bicyclic) bond motifs is 1. The van der Waals surface area contributed by atoms with Crippen LogP contribution in [0, 0.1) is 5.92 Å². The van der Waals surface area contributed by atoms with E-state index >= 15 is 0 Å². The molecule has 0 bridgehead atoms. The molecule has 2 aliphatic heterocycles. The first-order chi connectivity index (χ1) is 9.49. The maximum atomic E-state index is 6.26. The van der Waals surface area contributed by atoms with Crippen LogP contribution in [0.5, 0.6) is 5.75 Å². The van der Waals surface area contributed by atoms with Crippen LogP contribution in [0.4, 0.5) is 11.4 Å². The highest BCUT2D eigenvalue weighted by Gasteiger charge is 2.38. The van der Waals surface area contributed by atoms with Gasteiger partial charge in [-0.05, 0) is 12.8 Å². The summed E-state index contributed by atoms with van der Waals surface area (Å²) in [6.07, 6.45) is 0.978. The summed E-state index contributed by atoms with van der Waals surface area (Å²) >= 11 is 0. The quantitative estimate of drug-likeness (QED) is 0.896. The molecule has 0 aromatic heterocycles. The molecule has 0 saturated carbocycles. The molecule has 0 amide bonds. The summed E-state index contributed by atoms with van der Waals surface area (Å²) in [5.41, 5.74) is 7.73. The second-order valence-electron chi connectivity index (χ2n) is 6.43. The smallest absolute Gasteiger partial charge is 0.152 e. The Kier molecular flexibility index (Phi) is 3.38. The Labute approximate surface area is 120 Å². The Morgan fingerprint density at radius 1 is 1.25 bits per heavy atom. The van der Waals surface area contributed by atoms with Crippen LogP contribution >= 0.6 is 0 Å². The van der Waals surface area contributed by atoms with Crippen molar-refractivity contribution in [2.24, 2.45) is 5.92 Å². The lowest BCUT2D eigenvalue weighted by atomic mass is 9.88. The minimum Gasteiger partial charge on any atom is -0.487 e. The molecule has 1 aromatic rings. The Morgan fingerprint density at radius 3 is 2.60 bits per heavy atom. The molecule has 1 saturated heterocycles. The van der Waals surface area contributed by atoms with Gasteiger partial charge in [-0.3, -0.25) is 0 Å². The number of ether oxygens (including phenoxy) is 2. The van der Waals surface area contributed by atoms with Crippen molar-refractivity contribution in [3.63, 3.8) is 0 Å². The van der Waals surface area contributed by atoms with Gasteiger partial charge in [0.2, 0.25) is 0 Å². The molecule has 0 radical (unpaired) electrons. The Bertz CT molecular complexity index is 509. The topological polar surface area (TPSA) is 49.3 Å². The summed E-state index contributed by atoms with van der Waals surface area (Å²) in [5.74, 6) is 1.53. The zero-order valence-corrected chi connectivity index (χ0v) is 12.7. The van der Waals surface area contributed by atoms with Crippen LogP contribution in [0.3, 0.4) is 0 Å². The predicted octanol–water partition coefficient (Wildman–Crippen LogP) is 1.75. The molecule has 2 aliphatic rings. The van der Waals surface area contributed by atoms with Crippen molar-refractivity contribution in [2.75, 3.05) is 31.2 Å². The van der Waals surface area contributed by atoms with Gasteiger partial charge in [0.1, 0.15) is 17.0 Å². The molecule has 110 valence electrons. The molecule has 1 atom stereocenters. The van der Waals surface area contributed by atoms with Crippen LogP contribution in [0.25, 0.3) is 0 Å². The van der Waals surface area contributed by atoms with Gasteiger partial charge in [0.05, 0.1) is 13.2 Å². The maximum absolute atomic E-state index is 6.26. The first kappa shape index (κ1) is 13.7. The summed E-state index contributed by atoms with van der Waals surface area (Å²) in [6, 6.07) is 4.38. The van der Waals surface area contributed by atoms with Crippen molar-refractivity contribution >= 4 is 11.4 Å². The van der Waals surface area contributed by atoms with Crippen LogP contribution in [0.2, 0.25) is 0 Å². The van der Waals surface area contributed by atoms with Crippen molar-refractivity contribution in [3.05, 3.63) is 17.7 Å². The average Bonchev–Trinajstić information content (AvgIpc) is 2.75. The van der Waals surface area contributed by atoms with Crippen LogP contribution in [0.15, 0.2) is 12.1 Å². The molecule has 2 heterocycles. The van der Waals surface area contributed by atoms with Crippen LogP contribution in [-0.4, -0.2) is 31.9 Å². The van der Waals surface area contributed by atoms with E-state index in [1.54, 1.807) is 0 Å². The standard InChI is InChI=1S/C16H24N2O2/c1-11(2)16(3)10-12-8-13(17)14(9-15(12)20-16)18-4-6-19-7-5-18/h8-9,11H,4-7,10,17H2,1-3H3/p+1. The normalized spacial score (nSPS) is 25.8. The molecule has 0 spiro atoms. The highest BCUT2D eigenvalue weighted by Crippen LogP contribution is 2.42. The summed E-state index contributed by atoms with van der Waals surface area (Å²) in [5, 5.41) is 0. The van der Waals surface area contributed by atoms with E-state index in [0.29, 0.717) is 5.92 Å². The molecule has 1 aromatic carbocycles. The monoisotopic (exact) mass is 277 g/mol. The van der Waals surface area contributed by atoms with Crippen molar-refractivity contribution in [1.29, 1.82) is 0 Å². The molecule has 4 nitrogen and oxygen atoms in total. The fourth-order valence-electron chi connectivity index (χ4n) is 2.98. The van der Waals surface area contributed by atoms with E-state index in [2.05, 4.69) is 43.5 Å². The average molecular weight is 277 g/mol. The van der Waals surface area contributed by atoms with Crippen molar-refractivity contribution in [1.82, 2.24) is 0 Å². The van der Waals surface area contributed by atoms with Gasteiger partial charge in [0, 0.05) is 37.2 Å². The molecule has 20 heavy (non-hydrogen) atoms. The number of hydrogen-bond donors (Lipinski definition) is 1. The third-order valence-electron chi connectivity index (χ3n) is 4.72. The van der Waals surface area contributed by atoms with Gasteiger partial charge >= 0.3 is 0 Å². The van der Waals surface area contributed by atoms with Crippen LogP contribution in [0.1, 0.15) is 26.3 Å². The zero-order chi connectivity index (χ0) is 14.3. The summed E-state index contributed by atoms with van der Waals surface area (Å²) in [6.45, 7) is 10.1. The van der Waals surface area contributed by atoms with Crippen molar-refractivity contribution < 1.29 is 15.2 Å². The SMILES string of the molecule is CC(C)C1(C)Cc2cc([NH3+])c(N3CCOCC3)cc2O1. The van der Waals surface area contributed by atoms with Gasteiger partial charge in [-0.2, -0.15) is 0 Å². The fourth-order valence-corrected chi connectivity index (χ4v) is 2.98. The molecule has 3 rings (SSSR count). The molecule has 3 N–H and O–H groups in total. The second-order valence-corrected chi connectivity index (χ2v) is 6.43. The number of anilines is 1. The van der Waals surface area contributed by atoms with Gasteiger partial charge in [0.15, 0.2) is 5.69 Å². The number of rotatable bonds is 2. The highest BCUT2D eigenvalue weighted by atomic mass is 16.5. The maximum Gasteiger partial charge on any atom is 0.152 e. The lowest BCUT2D eigenvalue weighted by Crippen LogP contribution is -2.44. The number of benzene rings is 1. The third-order valence-corrected chi connectivity index (χ3v) is 4.72. The van der Waals surface area contributed by atoms with E-state index in [-0.39, 0.29) is 5.60 Å². The van der Waals surface area contributed by atoms with E-state index in [1.807, 2.05) is 0 Å². The van der Waals surface area contributed by atoms with Gasteiger partial charge in [-0.15, -0.1) is 0 Å². The summed E-state index contributed by atoms with van der Waals surface area (Å²) in [4.78, 5) is 2.35. The zero-order valence-electron chi connectivity index (χ0n) is 12.7. The summed E-state index contributed by atoms with van der Waals surface area (Å²) < 4.78 is 11.7. The first-order valence-electron chi connectivity index (χ1n) is 7.50. The lowest BCUT2D eigenvalue weighted by molar-refractivity contribution is -0.254. The largest absolute Gasteiger partial charge is 0.487 e. The molecule has 0 aliphatic carbocycles. The van der Waals surface area contributed by atoms with Crippen LogP contribution in [-0.2, 0) is 11.2 Å². The first-order valence-corrected chi connectivity index (χ1v) is 7.50. The number of morpholine rings is 1. The Hall–Kier alpha value is -1.26. The van der Waals surface area contributed by atoms with Gasteiger partial charge in [-0.1, -0.05) is 13.8 Å². The molecular formula is C16H25N2O2+. The van der Waals surface area contributed by atoms with Crippen LogP contribution < -0.4 is 15.4 Å². The Morgan fingerprint density at radius 2 is 1.95 bits per heavy atom. The third kappa shape index (κ3) is 2.27. The van der Waals surface area contributed by atoms with Crippen molar-refractivity contribution in [3.8, 4) is 5.75 Å². The number of hydrogen-bond acceptors (Lipinski definition) is 3. The molecule has 4 heteroatoms. The van der Waals surface area contributed by atoms with E-state index in [1.165, 1.54) is 11.3 Å². The lowest BCUT2D eigenvalue weighted by Gasteiger charge is -2.29. The van der Waals surface area contributed by atoms with E-state index in [4.69, 9.17) is 9.47 Å². The molecule has 1 unspecified atom stereocenters. The van der Waals surface area contributed by atoms with E-state index in [9.17, 15) is 0 Å². The predicted molar refractivity (Wildman–Crippen MR) is 79.6 cm³/mol. The van der Waals surface area contributed by atoms with Crippen molar-refractivity contribution in [2.45, 2.75) is 32.8 Å². The highest BCUT2D eigenvalue weighted by molar-refractivity contribution is 5.68. The Balaban J connectivity index is 1.90. The fraction of sp³-hybridized carbons (Fsp3) is 0.625. The summed E-state index contributed by atoms with van der Waals surface area (Å²) in [7, 11) is 0. The minimum atomic E-state index is -0.0849. The number of nitrogens with zero attached hydrogens (tertiary/aromatic N) is 1. The van der Waals surface area contributed by atoms with E-state index in [0.717, 1.165) is 44.2 Å². The van der Waals surface area contributed by atoms with Gasteiger partial charge in [-0.25, -0.2) is 0 Å². The minimum absolute atomic E-state index is 0.0849. The van der Waals surface area contributed by atoms with Gasteiger partial charge in [0.25, 0.3) is 0 Å². The van der Waals surface area contributed by atoms with Gasteiger partial charge < -0.3 is 20.1 Å². The van der Waals surface area contributed by atoms with E-state index < -0.39 is 0 Å². The number of quaternary nitrogens is 1. The molecule has 1 fully saturated rings.